The van der Waals surface area contributed by atoms with E-state index in [-0.39, 0.29) is 12.0 Å². The number of Topliss-reactive ketones (excluding diaryl/α,β-unsaturated/α-hetero) is 1. The summed E-state index contributed by atoms with van der Waals surface area (Å²) in [4.78, 5) is 87.7. The van der Waals surface area contributed by atoms with Crippen LogP contribution in [0.1, 0.15) is 90.0 Å². The summed E-state index contributed by atoms with van der Waals surface area (Å²) in [7, 11) is 0. The van der Waals surface area contributed by atoms with Crippen LogP contribution < -0.4 is 14.8 Å². The van der Waals surface area contributed by atoms with Crippen LogP contribution in [-0.4, -0.2) is 65.9 Å². The fourth-order valence-electron chi connectivity index (χ4n) is 4.51. The zero-order valence-corrected chi connectivity index (χ0v) is 31.6. The van der Waals surface area contributed by atoms with Crippen molar-refractivity contribution in [1.29, 1.82) is 0 Å². The van der Waals surface area contributed by atoms with Gasteiger partial charge in [-0.2, -0.15) is 0 Å². The Morgan fingerprint density at radius 3 is 1.70 bits per heavy atom. The lowest BCUT2D eigenvalue weighted by Gasteiger charge is -2.17. The predicted molar refractivity (Wildman–Crippen MR) is 212 cm³/mol. The Balaban J connectivity index is 1.97. The molecule has 1 amide bonds. The van der Waals surface area contributed by atoms with Crippen molar-refractivity contribution in [3.63, 3.8) is 0 Å². The average molecular weight is 787 g/mol. The molecule has 2 N–H and O–H groups in total. The molecule has 0 bridgehead atoms. The number of rotatable bonds is 25. The fraction of sp³-hybridized carbons (Fsp3) is 0.295. The number of aliphatic carboxylic acids is 1. The highest BCUT2D eigenvalue weighted by Crippen LogP contribution is 2.24. The molecule has 0 radical (unpaired) electrons. The van der Waals surface area contributed by atoms with E-state index in [4.69, 9.17) is 28.2 Å². The normalized spacial score (nSPS) is 13.1. The van der Waals surface area contributed by atoms with Crippen molar-refractivity contribution in [1.82, 2.24) is 5.32 Å². The number of hydrogen-bond donors (Lipinski definition) is 2. The number of esters is 4. The third-order valence-electron chi connectivity index (χ3n) is 7.27. The quantitative estimate of drug-likeness (QED) is 0.0449. The number of benzene rings is 2. The van der Waals surface area contributed by atoms with Gasteiger partial charge >= 0.3 is 29.8 Å². The smallest absolute Gasteiger partial charge is 0.347 e. The minimum Gasteiger partial charge on any atom is -0.481 e. The lowest BCUT2D eigenvalue weighted by atomic mass is 10.1. The van der Waals surface area contributed by atoms with Crippen LogP contribution >= 0.6 is 0 Å². The van der Waals surface area contributed by atoms with E-state index in [1.807, 2.05) is 18.2 Å². The third kappa shape index (κ3) is 20.0. The van der Waals surface area contributed by atoms with Gasteiger partial charge in [-0.25, -0.2) is 9.59 Å². The predicted octanol–water partition coefficient (Wildman–Crippen LogP) is 7.15. The highest BCUT2D eigenvalue weighted by molar-refractivity contribution is 6.08. The molecule has 13 heteroatoms. The van der Waals surface area contributed by atoms with Gasteiger partial charge in [0.1, 0.15) is 22.6 Å². The lowest BCUT2D eigenvalue weighted by molar-refractivity contribution is -0.152. The Labute approximate surface area is 336 Å². The first kappa shape index (κ1) is 41.5. The van der Waals surface area contributed by atoms with Crippen LogP contribution in [0.3, 0.4) is 0 Å². The van der Waals surface area contributed by atoms with Crippen LogP contribution in [0.25, 0.3) is 0 Å². The third-order valence-corrected chi connectivity index (χ3v) is 7.27. The van der Waals surface area contributed by atoms with Gasteiger partial charge < -0.3 is 29.4 Å². The van der Waals surface area contributed by atoms with Gasteiger partial charge in [0.2, 0.25) is 11.9 Å². The molecule has 0 aliphatic rings. The van der Waals surface area contributed by atoms with E-state index >= 15 is 0 Å². The molecule has 0 saturated heterocycles. The lowest BCUT2D eigenvalue weighted by Crippen LogP contribution is -2.45. The Morgan fingerprint density at radius 1 is 0.684 bits per heavy atom. The molecule has 57 heavy (non-hydrogen) atoms. The molecule has 0 heterocycles. The number of carbonyl (C=O) groups excluding carboxylic acids is 6. The number of ether oxygens (including phenoxy) is 4. The molecule has 13 nitrogen and oxygen atoms in total. The minimum absolute atomic E-state index is 0.204. The molecule has 1 atom stereocenters. The van der Waals surface area contributed by atoms with Crippen molar-refractivity contribution in [2.24, 2.45) is 0 Å². The summed E-state index contributed by atoms with van der Waals surface area (Å²) in [5, 5.41) is 11.1. The number of amides is 1. The Hall–Kier alpha value is -6.63. The summed E-state index contributed by atoms with van der Waals surface area (Å²) in [6.45, 7) is -2.44. The molecule has 2 aromatic rings. The maximum Gasteiger partial charge on any atom is 0.347 e. The highest BCUT2D eigenvalue weighted by Gasteiger charge is 2.33. The van der Waals surface area contributed by atoms with Crippen molar-refractivity contribution < 1.29 is 61.7 Å². The monoisotopic (exact) mass is 786 g/mol. The number of carbonyl (C=O) groups is 7. The van der Waals surface area contributed by atoms with E-state index in [1.165, 1.54) is 42.5 Å². The number of nitrogens with one attached hydrogen (secondary N) is 1. The van der Waals surface area contributed by atoms with Gasteiger partial charge in [0.25, 0.3) is 5.91 Å². The second kappa shape index (κ2) is 27.9. The summed E-state index contributed by atoms with van der Waals surface area (Å²) < 4.78 is 42.0. The molecule has 2 rings (SSSR count). The summed E-state index contributed by atoms with van der Waals surface area (Å²) in [5.74, 6) is -9.44. The van der Waals surface area contributed by atoms with Gasteiger partial charge in [0.15, 0.2) is 6.61 Å². The van der Waals surface area contributed by atoms with Gasteiger partial charge in [-0.05, 0) is 62.8 Å². The van der Waals surface area contributed by atoms with Crippen LogP contribution in [0.15, 0.2) is 121 Å². The van der Waals surface area contributed by atoms with Gasteiger partial charge in [-0.15, -0.1) is 0 Å². The van der Waals surface area contributed by atoms with Crippen molar-refractivity contribution in [3.05, 3.63) is 133 Å². The second-order valence-electron chi connectivity index (χ2n) is 11.7. The van der Waals surface area contributed by atoms with E-state index in [9.17, 15) is 33.6 Å². The van der Waals surface area contributed by atoms with E-state index in [0.29, 0.717) is 6.42 Å². The van der Waals surface area contributed by atoms with Crippen LogP contribution in [0.5, 0.6) is 11.5 Å². The number of carboxylic acids is 1. The number of para-hydroxylation sites is 2. The van der Waals surface area contributed by atoms with E-state index in [2.05, 4.69) is 54.8 Å². The zero-order valence-electron chi connectivity index (χ0n) is 34.6. The molecule has 2 aromatic carbocycles. The first-order valence-electron chi connectivity index (χ1n) is 19.7. The van der Waals surface area contributed by atoms with Crippen molar-refractivity contribution in [2.45, 2.75) is 71.2 Å². The fourth-order valence-corrected chi connectivity index (χ4v) is 4.51. The maximum atomic E-state index is 13.3. The number of hydrogen-bond acceptors (Lipinski definition) is 11. The zero-order chi connectivity index (χ0) is 44.2. The highest BCUT2D eigenvalue weighted by atomic mass is 16.6. The Bertz CT molecular complexity index is 1960. The topological polar surface area (TPSA) is 189 Å². The summed E-state index contributed by atoms with van der Waals surface area (Å²) in [5.41, 5.74) is -0.830. The van der Waals surface area contributed by atoms with Crippen molar-refractivity contribution in [2.75, 3.05) is 13.2 Å². The van der Waals surface area contributed by atoms with E-state index < -0.39 is 91.1 Å². The number of ketones is 1. The summed E-state index contributed by atoms with van der Waals surface area (Å²) in [6, 6.07) is 10.1. The molecule has 0 fully saturated rings. The van der Waals surface area contributed by atoms with Crippen LogP contribution in [0, 0.1) is 0 Å². The average Bonchev–Trinajstić information content (AvgIpc) is 3.21. The summed E-state index contributed by atoms with van der Waals surface area (Å²) in [6.07, 6.45) is 26.1. The van der Waals surface area contributed by atoms with E-state index in [1.54, 1.807) is 6.08 Å². The molecule has 0 saturated carbocycles. The Kier molecular flexibility index (Phi) is 20.3. The van der Waals surface area contributed by atoms with Gasteiger partial charge in [-0.3, -0.25) is 24.0 Å². The molecule has 302 valence electrons. The van der Waals surface area contributed by atoms with Crippen molar-refractivity contribution >= 4 is 41.5 Å². The minimum atomic E-state index is -3.13. The summed E-state index contributed by atoms with van der Waals surface area (Å²) >= 11 is 0. The molecule has 1 unspecified atom stereocenters. The SMILES string of the molecule is [2H]C([2H])([2H])C(=O)Oc1ccccc1C(=O)Oc1ccccc1C(=O)OC(C(=O)COC(=O)C/C=C\C/C=C\C/C=C\C/C=C\C/C=C\C/C=C\CC)C(=O)NCCC(=O)O. The number of carboxylic acid groups (broad SMARTS) is 1. The van der Waals surface area contributed by atoms with Gasteiger partial charge in [-0.1, -0.05) is 104 Å². The van der Waals surface area contributed by atoms with Crippen LogP contribution in [0.4, 0.5) is 0 Å². The molecule has 0 aromatic heterocycles. The molecule has 0 aliphatic heterocycles. The molecule has 0 aliphatic carbocycles. The van der Waals surface area contributed by atoms with Crippen LogP contribution in [-0.2, 0) is 33.4 Å². The molecular formula is C44H49NO12. The van der Waals surface area contributed by atoms with Gasteiger partial charge in [0.05, 0.1) is 12.8 Å². The first-order chi connectivity index (χ1) is 28.7. The Morgan fingerprint density at radius 2 is 1.18 bits per heavy atom. The first-order valence-corrected chi connectivity index (χ1v) is 18.2. The maximum absolute atomic E-state index is 13.3. The molecular weight excluding hydrogens is 734 g/mol. The van der Waals surface area contributed by atoms with E-state index in [0.717, 1.165) is 44.2 Å². The van der Waals surface area contributed by atoms with Crippen LogP contribution in [0.2, 0.25) is 0 Å². The van der Waals surface area contributed by atoms with Crippen molar-refractivity contribution in [3.8, 4) is 11.5 Å². The number of allylic oxidation sites excluding steroid dienone is 11. The standard InChI is InChI=1S/C44H49NO12/c1-3-4-5-6-7-8-9-10-11-12-13-14-15-16-17-18-19-20-29-40(50)54-32-36(47)41(42(51)45-31-30-39(48)49)57-44(53)35-26-22-24-28-38(35)56-43(52)34-25-21-23-27-37(34)55-33(2)46/h4-5,7-8,10-11,13-14,16-17,19-28,41H,3,6,9,12,15,18,29-32H2,1-2H3,(H,45,51)(H,48,49)/b5-4-,8-7-,11-10-,14-13-,17-16-,20-19-/i2D3. The van der Waals surface area contributed by atoms with Gasteiger partial charge in [0, 0.05) is 17.5 Å². The molecule has 0 spiro atoms. The second-order valence-corrected chi connectivity index (χ2v) is 11.7. The largest absolute Gasteiger partial charge is 0.481 e.